The molecule has 3 atom stereocenters. The Hall–Kier alpha value is -1.88. The molecule has 1 heterocycles. The van der Waals surface area contributed by atoms with Crippen molar-refractivity contribution in [3.8, 4) is 0 Å². The summed E-state index contributed by atoms with van der Waals surface area (Å²) in [5.74, 6) is 0.858. The van der Waals surface area contributed by atoms with Crippen molar-refractivity contribution < 1.29 is 9.59 Å². The van der Waals surface area contributed by atoms with Gasteiger partial charge < -0.3 is 10.2 Å². The Morgan fingerprint density at radius 1 is 1.04 bits per heavy atom. The van der Waals surface area contributed by atoms with Crippen LogP contribution < -0.4 is 10.2 Å². The van der Waals surface area contributed by atoms with Crippen molar-refractivity contribution in [2.45, 2.75) is 58.5 Å². The monoisotopic (exact) mass is 371 g/mol. The molecular formula is C22H33N3O2. The standard InChI is InChI=1S/C22H33N3O2/c1-16-6-4-5-7-21(16)23-22(27)17(2)24-12-14-25(15-13-24)20-10-8-19(9-11-20)18(3)26/h8-11,16-17,21H,4-7,12-15H2,1-3H3,(H,23,27). The highest BCUT2D eigenvalue weighted by Gasteiger charge is 2.29. The number of carbonyl (C=O) groups excluding carboxylic acids is 2. The summed E-state index contributed by atoms with van der Waals surface area (Å²) in [5, 5.41) is 3.30. The van der Waals surface area contributed by atoms with Gasteiger partial charge in [-0.25, -0.2) is 0 Å². The fraction of sp³-hybridized carbons (Fsp3) is 0.636. The Labute approximate surface area is 163 Å². The van der Waals surface area contributed by atoms with E-state index >= 15 is 0 Å². The summed E-state index contributed by atoms with van der Waals surface area (Å²) in [5.41, 5.74) is 1.90. The number of piperazine rings is 1. The molecule has 3 unspecified atom stereocenters. The first-order valence-electron chi connectivity index (χ1n) is 10.4. The first-order chi connectivity index (χ1) is 13.0. The van der Waals surface area contributed by atoms with Crippen LogP contribution in [0.2, 0.25) is 0 Å². The summed E-state index contributed by atoms with van der Waals surface area (Å²) in [6, 6.07) is 8.09. The average Bonchev–Trinajstić information content (AvgIpc) is 2.69. The first kappa shape index (κ1) is 19.9. The molecule has 1 aromatic rings. The third-order valence-corrected chi connectivity index (χ3v) is 6.32. The smallest absolute Gasteiger partial charge is 0.237 e. The number of benzene rings is 1. The number of amides is 1. The molecule has 1 aliphatic heterocycles. The van der Waals surface area contributed by atoms with E-state index in [0.717, 1.165) is 43.9 Å². The van der Waals surface area contributed by atoms with Crippen LogP contribution in [-0.2, 0) is 4.79 Å². The second kappa shape index (κ2) is 8.87. The molecule has 1 saturated carbocycles. The van der Waals surface area contributed by atoms with Crippen LogP contribution in [0.15, 0.2) is 24.3 Å². The van der Waals surface area contributed by atoms with E-state index in [4.69, 9.17) is 0 Å². The quantitative estimate of drug-likeness (QED) is 0.808. The van der Waals surface area contributed by atoms with E-state index in [9.17, 15) is 9.59 Å². The molecule has 0 radical (unpaired) electrons. The third-order valence-electron chi connectivity index (χ3n) is 6.32. The molecule has 2 fully saturated rings. The molecule has 1 aliphatic carbocycles. The molecular weight excluding hydrogens is 338 g/mol. The van der Waals surface area contributed by atoms with Crippen molar-refractivity contribution >= 4 is 17.4 Å². The number of ketones is 1. The highest BCUT2D eigenvalue weighted by molar-refractivity contribution is 5.94. The molecule has 1 N–H and O–H groups in total. The highest BCUT2D eigenvalue weighted by atomic mass is 16.2. The predicted molar refractivity (Wildman–Crippen MR) is 109 cm³/mol. The fourth-order valence-electron chi connectivity index (χ4n) is 4.27. The van der Waals surface area contributed by atoms with Gasteiger partial charge in [-0.1, -0.05) is 19.8 Å². The lowest BCUT2D eigenvalue weighted by molar-refractivity contribution is -0.127. The highest BCUT2D eigenvalue weighted by Crippen LogP contribution is 2.24. The van der Waals surface area contributed by atoms with E-state index in [1.165, 1.54) is 19.3 Å². The van der Waals surface area contributed by atoms with E-state index in [-0.39, 0.29) is 17.7 Å². The zero-order valence-corrected chi connectivity index (χ0v) is 16.9. The lowest BCUT2D eigenvalue weighted by Gasteiger charge is -2.39. The summed E-state index contributed by atoms with van der Waals surface area (Å²) in [6.07, 6.45) is 4.85. The summed E-state index contributed by atoms with van der Waals surface area (Å²) < 4.78 is 0. The van der Waals surface area contributed by atoms with Crippen LogP contribution in [0.25, 0.3) is 0 Å². The van der Waals surface area contributed by atoms with E-state index in [1.807, 2.05) is 31.2 Å². The molecule has 1 saturated heterocycles. The van der Waals surface area contributed by atoms with Gasteiger partial charge in [0.25, 0.3) is 0 Å². The number of hydrogen-bond donors (Lipinski definition) is 1. The normalized spacial score (nSPS) is 25.1. The minimum Gasteiger partial charge on any atom is -0.369 e. The third kappa shape index (κ3) is 4.89. The Bertz CT molecular complexity index is 650. The molecule has 2 aliphatic rings. The van der Waals surface area contributed by atoms with Gasteiger partial charge in [-0.3, -0.25) is 14.5 Å². The molecule has 0 spiro atoms. The van der Waals surface area contributed by atoms with Crippen molar-refractivity contribution in [3.63, 3.8) is 0 Å². The Morgan fingerprint density at radius 2 is 1.67 bits per heavy atom. The van der Waals surface area contributed by atoms with E-state index in [2.05, 4.69) is 22.0 Å². The minimum atomic E-state index is -0.0821. The Balaban J connectivity index is 1.50. The van der Waals surface area contributed by atoms with Crippen LogP contribution in [0.3, 0.4) is 0 Å². The van der Waals surface area contributed by atoms with E-state index in [0.29, 0.717) is 12.0 Å². The molecule has 1 aromatic carbocycles. The molecule has 5 heteroatoms. The van der Waals surface area contributed by atoms with E-state index < -0.39 is 0 Å². The zero-order chi connectivity index (χ0) is 19.4. The number of hydrogen-bond acceptors (Lipinski definition) is 4. The summed E-state index contributed by atoms with van der Waals surface area (Å²) >= 11 is 0. The minimum absolute atomic E-state index is 0.0821. The van der Waals surface area contributed by atoms with Gasteiger partial charge in [0.1, 0.15) is 0 Å². The van der Waals surface area contributed by atoms with Crippen LogP contribution in [0.5, 0.6) is 0 Å². The second-order valence-electron chi connectivity index (χ2n) is 8.18. The topological polar surface area (TPSA) is 52.7 Å². The molecule has 0 aromatic heterocycles. The number of nitrogens with zero attached hydrogens (tertiary/aromatic N) is 2. The number of carbonyl (C=O) groups is 2. The largest absolute Gasteiger partial charge is 0.369 e. The lowest BCUT2D eigenvalue weighted by atomic mass is 9.86. The van der Waals surface area contributed by atoms with Crippen molar-refractivity contribution in [2.24, 2.45) is 5.92 Å². The SMILES string of the molecule is CC(=O)c1ccc(N2CCN(C(C)C(=O)NC3CCCCC3C)CC2)cc1. The van der Waals surface area contributed by atoms with Crippen LogP contribution in [0, 0.1) is 5.92 Å². The van der Waals surface area contributed by atoms with Gasteiger partial charge in [0, 0.05) is 43.5 Å². The van der Waals surface area contributed by atoms with Crippen LogP contribution in [-0.4, -0.2) is 54.9 Å². The molecule has 3 rings (SSSR count). The molecule has 1 amide bonds. The van der Waals surface area contributed by atoms with Gasteiger partial charge in [-0.2, -0.15) is 0 Å². The Kier molecular flexibility index (Phi) is 6.53. The number of Topliss-reactive ketones (excluding diaryl/α,β-unsaturated/α-hetero) is 1. The maximum Gasteiger partial charge on any atom is 0.237 e. The van der Waals surface area contributed by atoms with Crippen LogP contribution in [0.1, 0.15) is 56.8 Å². The van der Waals surface area contributed by atoms with Gasteiger partial charge in [0.05, 0.1) is 6.04 Å². The van der Waals surface area contributed by atoms with Crippen LogP contribution >= 0.6 is 0 Å². The molecule has 27 heavy (non-hydrogen) atoms. The summed E-state index contributed by atoms with van der Waals surface area (Å²) in [7, 11) is 0. The molecule has 148 valence electrons. The van der Waals surface area contributed by atoms with Gasteiger partial charge in [-0.05, 0) is 56.9 Å². The predicted octanol–water partition coefficient (Wildman–Crippen LogP) is 3.09. The number of rotatable bonds is 5. The lowest BCUT2D eigenvalue weighted by Crippen LogP contribution is -2.55. The average molecular weight is 372 g/mol. The first-order valence-corrected chi connectivity index (χ1v) is 10.4. The number of anilines is 1. The fourth-order valence-corrected chi connectivity index (χ4v) is 4.27. The molecule has 0 bridgehead atoms. The van der Waals surface area contributed by atoms with Crippen LogP contribution in [0.4, 0.5) is 5.69 Å². The van der Waals surface area contributed by atoms with Gasteiger partial charge in [-0.15, -0.1) is 0 Å². The Morgan fingerprint density at radius 3 is 2.26 bits per heavy atom. The van der Waals surface area contributed by atoms with Crippen molar-refractivity contribution in [1.82, 2.24) is 10.2 Å². The van der Waals surface area contributed by atoms with Crippen molar-refractivity contribution in [1.29, 1.82) is 0 Å². The molecule has 5 nitrogen and oxygen atoms in total. The van der Waals surface area contributed by atoms with Gasteiger partial charge >= 0.3 is 0 Å². The zero-order valence-electron chi connectivity index (χ0n) is 16.9. The van der Waals surface area contributed by atoms with Gasteiger partial charge in [0.2, 0.25) is 5.91 Å². The van der Waals surface area contributed by atoms with Crippen molar-refractivity contribution in [2.75, 3.05) is 31.1 Å². The van der Waals surface area contributed by atoms with E-state index in [1.54, 1.807) is 6.92 Å². The summed E-state index contributed by atoms with van der Waals surface area (Å²) in [6.45, 7) is 9.43. The number of nitrogens with one attached hydrogen (secondary N) is 1. The van der Waals surface area contributed by atoms with Crippen molar-refractivity contribution in [3.05, 3.63) is 29.8 Å². The maximum atomic E-state index is 12.7. The maximum absolute atomic E-state index is 12.7. The summed E-state index contributed by atoms with van der Waals surface area (Å²) in [4.78, 5) is 28.7. The van der Waals surface area contributed by atoms with Gasteiger partial charge in [0.15, 0.2) is 5.78 Å². The second-order valence-corrected chi connectivity index (χ2v) is 8.18.